The van der Waals surface area contributed by atoms with Crippen molar-refractivity contribution in [2.45, 2.75) is 20.3 Å². The Morgan fingerprint density at radius 2 is 2.06 bits per heavy atom. The number of nitrogens with one attached hydrogen (secondary N) is 1. The van der Waals surface area contributed by atoms with Crippen LogP contribution in [0.25, 0.3) is 0 Å². The van der Waals surface area contributed by atoms with Crippen molar-refractivity contribution in [2.24, 2.45) is 0 Å². The Hall–Kier alpha value is -0.430. The highest BCUT2D eigenvalue weighted by Crippen LogP contribution is 2.08. The third-order valence-electron chi connectivity index (χ3n) is 2.28. The van der Waals surface area contributed by atoms with Gasteiger partial charge in [0, 0.05) is 24.5 Å². The summed E-state index contributed by atoms with van der Waals surface area (Å²) in [6, 6.07) is 3.98. The van der Waals surface area contributed by atoms with E-state index in [1.165, 1.54) is 9.18 Å². The Kier molecular flexibility index (Phi) is 5.40. The summed E-state index contributed by atoms with van der Waals surface area (Å²) in [4.78, 5) is 1.20. The minimum absolute atomic E-state index is 0.458. The summed E-state index contributed by atoms with van der Waals surface area (Å²) in [6.45, 7) is 5.14. The molecule has 0 saturated carbocycles. The number of thiophene rings is 1. The van der Waals surface area contributed by atoms with Crippen LogP contribution in [0.2, 0.25) is 0 Å². The minimum atomic E-state index is -3.29. The number of rotatable bonds is 7. The Morgan fingerprint density at radius 1 is 1.38 bits per heavy atom. The lowest BCUT2D eigenvalue weighted by molar-refractivity contribution is 0.435. The molecular formula is C10H18N2O2S2. The topological polar surface area (TPSA) is 49.4 Å². The van der Waals surface area contributed by atoms with Crippen molar-refractivity contribution in [3.63, 3.8) is 0 Å². The van der Waals surface area contributed by atoms with Crippen molar-refractivity contribution < 1.29 is 8.42 Å². The van der Waals surface area contributed by atoms with Gasteiger partial charge in [-0.25, -0.2) is 4.72 Å². The van der Waals surface area contributed by atoms with Crippen LogP contribution in [0.1, 0.15) is 18.7 Å². The third-order valence-corrected chi connectivity index (χ3v) is 4.98. The van der Waals surface area contributed by atoms with E-state index in [0.29, 0.717) is 19.6 Å². The van der Waals surface area contributed by atoms with Gasteiger partial charge in [0.05, 0.1) is 0 Å². The fourth-order valence-corrected chi connectivity index (χ4v) is 3.34. The van der Waals surface area contributed by atoms with Gasteiger partial charge in [-0.05, 0) is 17.9 Å². The van der Waals surface area contributed by atoms with Crippen LogP contribution < -0.4 is 4.72 Å². The fourth-order valence-electron chi connectivity index (χ4n) is 1.41. The predicted molar refractivity (Wildman–Crippen MR) is 67.9 cm³/mol. The molecule has 92 valence electrons. The van der Waals surface area contributed by atoms with Crippen LogP contribution in [-0.2, 0) is 16.6 Å². The van der Waals surface area contributed by atoms with Crippen molar-refractivity contribution >= 4 is 21.5 Å². The van der Waals surface area contributed by atoms with E-state index in [-0.39, 0.29) is 0 Å². The zero-order valence-electron chi connectivity index (χ0n) is 9.64. The van der Waals surface area contributed by atoms with Gasteiger partial charge < -0.3 is 0 Å². The number of nitrogens with zero attached hydrogens (tertiary/aromatic N) is 1. The number of hydrogen-bond acceptors (Lipinski definition) is 3. The fraction of sp³-hybridized carbons (Fsp3) is 0.600. The zero-order valence-corrected chi connectivity index (χ0v) is 11.3. The Balaban J connectivity index is 2.42. The van der Waals surface area contributed by atoms with Crippen molar-refractivity contribution in [1.29, 1.82) is 0 Å². The lowest BCUT2D eigenvalue weighted by Gasteiger charge is -2.18. The molecule has 0 radical (unpaired) electrons. The first-order valence-corrected chi connectivity index (χ1v) is 7.69. The first kappa shape index (κ1) is 13.6. The van der Waals surface area contributed by atoms with E-state index < -0.39 is 10.2 Å². The normalized spacial score (nSPS) is 12.2. The van der Waals surface area contributed by atoms with E-state index in [2.05, 4.69) is 4.72 Å². The Bertz CT molecular complexity index is 383. The van der Waals surface area contributed by atoms with Gasteiger partial charge in [0.15, 0.2) is 0 Å². The van der Waals surface area contributed by atoms with E-state index in [9.17, 15) is 8.42 Å². The summed E-state index contributed by atoms with van der Waals surface area (Å²) in [5.41, 5.74) is 0. The molecule has 1 N–H and O–H groups in total. The van der Waals surface area contributed by atoms with Gasteiger partial charge in [0.25, 0.3) is 10.2 Å². The Morgan fingerprint density at radius 3 is 2.56 bits per heavy atom. The highest BCUT2D eigenvalue weighted by atomic mass is 32.2. The molecule has 16 heavy (non-hydrogen) atoms. The molecule has 0 aliphatic rings. The maximum Gasteiger partial charge on any atom is 0.279 e. The maximum absolute atomic E-state index is 11.7. The largest absolute Gasteiger partial charge is 0.279 e. The van der Waals surface area contributed by atoms with Crippen molar-refractivity contribution in [2.75, 3.05) is 19.6 Å². The average molecular weight is 262 g/mol. The van der Waals surface area contributed by atoms with Gasteiger partial charge in [-0.15, -0.1) is 11.3 Å². The lowest BCUT2D eigenvalue weighted by Crippen LogP contribution is -2.41. The van der Waals surface area contributed by atoms with Crippen molar-refractivity contribution in [3.8, 4) is 0 Å². The summed E-state index contributed by atoms with van der Waals surface area (Å²) in [6.07, 6.45) is 0.748. The molecular weight excluding hydrogens is 244 g/mol. The van der Waals surface area contributed by atoms with Crippen molar-refractivity contribution in [3.05, 3.63) is 22.4 Å². The molecule has 0 saturated heterocycles. The smallest absolute Gasteiger partial charge is 0.202 e. The molecule has 1 aromatic heterocycles. The summed E-state index contributed by atoms with van der Waals surface area (Å²) in [7, 11) is -3.29. The molecule has 0 aliphatic carbocycles. The van der Waals surface area contributed by atoms with Crippen LogP contribution >= 0.6 is 11.3 Å². The van der Waals surface area contributed by atoms with E-state index in [1.54, 1.807) is 11.3 Å². The highest BCUT2D eigenvalue weighted by Gasteiger charge is 2.17. The first-order chi connectivity index (χ1) is 7.60. The molecule has 0 bridgehead atoms. The molecule has 0 aliphatic heterocycles. The van der Waals surface area contributed by atoms with Gasteiger partial charge in [0.2, 0.25) is 0 Å². The van der Waals surface area contributed by atoms with Crippen LogP contribution in [-0.4, -0.2) is 32.4 Å². The molecule has 0 spiro atoms. The number of hydrogen-bond donors (Lipinski definition) is 1. The third kappa shape index (κ3) is 3.86. The molecule has 1 heterocycles. The molecule has 6 heteroatoms. The maximum atomic E-state index is 11.7. The zero-order chi connectivity index (χ0) is 12.0. The molecule has 0 aromatic carbocycles. The van der Waals surface area contributed by atoms with Crippen LogP contribution in [0.3, 0.4) is 0 Å². The molecule has 1 aromatic rings. The standard InChI is InChI=1S/C10H18N2O2S2/c1-3-12(4-2)16(13,14)11-8-7-10-6-5-9-15-10/h5-6,9,11H,3-4,7-8H2,1-2H3. The molecule has 0 unspecified atom stereocenters. The second-order valence-electron chi connectivity index (χ2n) is 3.31. The van der Waals surface area contributed by atoms with Crippen LogP contribution in [0.5, 0.6) is 0 Å². The van der Waals surface area contributed by atoms with Gasteiger partial charge in [-0.2, -0.15) is 12.7 Å². The monoisotopic (exact) mass is 262 g/mol. The quantitative estimate of drug-likeness (QED) is 0.809. The van der Waals surface area contributed by atoms with Gasteiger partial charge >= 0.3 is 0 Å². The second-order valence-corrected chi connectivity index (χ2v) is 6.10. The van der Waals surface area contributed by atoms with E-state index in [4.69, 9.17) is 0 Å². The van der Waals surface area contributed by atoms with Crippen LogP contribution in [0.4, 0.5) is 0 Å². The lowest BCUT2D eigenvalue weighted by atomic mass is 10.3. The molecule has 4 nitrogen and oxygen atoms in total. The van der Waals surface area contributed by atoms with Crippen LogP contribution in [0, 0.1) is 0 Å². The van der Waals surface area contributed by atoms with Gasteiger partial charge in [0.1, 0.15) is 0 Å². The second kappa shape index (κ2) is 6.34. The summed E-state index contributed by atoms with van der Waals surface area (Å²) in [5, 5.41) is 1.99. The molecule has 1 rings (SSSR count). The molecule has 0 fully saturated rings. The first-order valence-electron chi connectivity index (χ1n) is 5.37. The van der Waals surface area contributed by atoms with E-state index in [0.717, 1.165) is 6.42 Å². The van der Waals surface area contributed by atoms with Crippen LogP contribution in [0.15, 0.2) is 17.5 Å². The molecule has 0 amide bonds. The van der Waals surface area contributed by atoms with Gasteiger partial charge in [-0.3, -0.25) is 0 Å². The summed E-state index contributed by atoms with van der Waals surface area (Å²) in [5.74, 6) is 0. The predicted octanol–water partition coefficient (Wildman–Crippen LogP) is 1.47. The minimum Gasteiger partial charge on any atom is -0.202 e. The SMILES string of the molecule is CCN(CC)S(=O)(=O)NCCc1cccs1. The van der Waals surface area contributed by atoms with Gasteiger partial charge in [-0.1, -0.05) is 19.9 Å². The van der Waals surface area contributed by atoms with Crippen molar-refractivity contribution in [1.82, 2.24) is 9.03 Å². The Labute approximate surface area is 101 Å². The van der Waals surface area contributed by atoms with E-state index >= 15 is 0 Å². The summed E-state index contributed by atoms with van der Waals surface area (Å²) >= 11 is 1.64. The average Bonchev–Trinajstić information content (AvgIpc) is 2.71. The molecule has 0 atom stereocenters. The highest BCUT2D eigenvalue weighted by molar-refractivity contribution is 7.87. The summed E-state index contributed by atoms with van der Waals surface area (Å²) < 4.78 is 27.5. The van der Waals surface area contributed by atoms with E-state index in [1.807, 2.05) is 31.4 Å².